The van der Waals surface area contributed by atoms with Gasteiger partial charge in [-0.05, 0) is 60.7 Å². The van der Waals surface area contributed by atoms with Gasteiger partial charge in [0.1, 0.15) is 23.5 Å². The molecule has 0 radical (unpaired) electrons. The number of piperazine rings is 1. The highest BCUT2D eigenvalue weighted by molar-refractivity contribution is 6.00. The van der Waals surface area contributed by atoms with Gasteiger partial charge < -0.3 is 20.9 Å². The Morgan fingerprint density at radius 2 is 1.37 bits per heavy atom. The lowest BCUT2D eigenvalue weighted by Crippen LogP contribution is -2.43. The van der Waals surface area contributed by atoms with Crippen molar-refractivity contribution in [2.45, 2.75) is 32.1 Å². The van der Waals surface area contributed by atoms with Crippen molar-refractivity contribution in [2.24, 2.45) is 0 Å². The number of nitrogens with zero attached hydrogens (tertiary/aromatic N) is 4. The molecule has 38 heavy (non-hydrogen) atoms. The molecule has 2 fully saturated rings. The number of nitrogens with two attached hydrogens (primary N) is 1. The van der Waals surface area contributed by atoms with Crippen molar-refractivity contribution in [3.05, 3.63) is 77.1 Å². The number of anilines is 3. The van der Waals surface area contributed by atoms with Gasteiger partial charge >= 0.3 is 0 Å². The number of halogens is 1. The molecule has 0 atom stereocenters. The van der Waals surface area contributed by atoms with Gasteiger partial charge in [-0.1, -0.05) is 12.1 Å². The predicted molar refractivity (Wildman–Crippen MR) is 147 cm³/mol. The predicted octanol–water partition coefficient (Wildman–Crippen LogP) is 3.45. The molecule has 0 saturated carbocycles. The van der Waals surface area contributed by atoms with Gasteiger partial charge in [0.15, 0.2) is 11.6 Å². The minimum atomic E-state index is -0.346. The van der Waals surface area contributed by atoms with Crippen LogP contribution >= 0.6 is 0 Å². The molecule has 2 aliphatic heterocycles. The number of carbonyl (C=O) groups excluding carboxylic acids is 2. The largest absolute Gasteiger partial charge is 0.397 e. The maximum Gasteiger partial charge on any atom is 0.185 e. The number of benzene rings is 2. The van der Waals surface area contributed by atoms with E-state index in [0.29, 0.717) is 16.9 Å². The van der Waals surface area contributed by atoms with Crippen molar-refractivity contribution in [3.63, 3.8) is 0 Å². The van der Waals surface area contributed by atoms with Crippen LogP contribution in [0.1, 0.15) is 51.4 Å². The number of nitrogens with one attached hydrogen (secondary N) is 1. The van der Waals surface area contributed by atoms with Crippen LogP contribution in [0.25, 0.3) is 0 Å². The van der Waals surface area contributed by atoms with Crippen LogP contribution in [0.5, 0.6) is 0 Å². The van der Waals surface area contributed by atoms with Crippen LogP contribution < -0.4 is 20.9 Å². The summed E-state index contributed by atoms with van der Waals surface area (Å²) in [7, 11) is 0. The van der Waals surface area contributed by atoms with E-state index < -0.39 is 0 Å². The summed E-state index contributed by atoms with van der Waals surface area (Å²) in [4.78, 5) is 38.3. The van der Waals surface area contributed by atoms with Gasteiger partial charge in [0.05, 0.1) is 17.1 Å². The van der Waals surface area contributed by atoms with Crippen molar-refractivity contribution < 1.29 is 14.0 Å². The highest BCUT2D eigenvalue weighted by atomic mass is 19.1. The highest BCUT2D eigenvalue weighted by Gasteiger charge is 2.19. The first kappa shape index (κ1) is 25.8. The summed E-state index contributed by atoms with van der Waals surface area (Å²) >= 11 is 0. The molecular weight excluding hydrogens is 483 g/mol. The second kappa shape index (κ2) is 11.7. The molecule has 3 N–H and O–H groups in total. The average Bonchev–Trinajstić information content (AvgIpc) is 2.94. The molecule has 2 saturated heterocycles. The minimum Gasteiger partial charge on any atom is -0.397 e. The Hall–Kier alpha value is -3.85. The molecule has 1 aromatic heterocycles. The fourth-order valence-electron chi connectivity index (χ4n) is 5.17. The molecule has 2 aliphatic rings. The molecule has 3 aromatic rings. The Kier molecular flexibility index (Phi) is 7.93. The number of piperidine rings is 1. The molecule has 198 valence electrons. The first-order valence-corrected chi connectivity index (χ1v) is 13.2. The van der Waals surface area contributed by atoms with E-state index in [9.17, 15) is 14.0 Å². The number of carbonyl (C=O) groups is 2. The summed E-state index contributed by atoms with van der Waals surface area (Å²) < 4.78 is 14.8. The van der Waals surface area contributed by atoms with Crippen molar-refractivity contribution in [1.29, 1.82) is 0 Å². The molecule has 8 nitrogen and oxygen atoms in total. The van der Waals surface area contributed by atoms with Crippen molar-refractivity contribution >= 4 is 28.6 Å². The molecule has 0 amide bonds. The number of nitrogen functional groups attached to an aromatic ring is 1. The fraction of sp³-hybridized carbons (Fsp3) is 0.379. The van der Waals surface area contributed by atoms with E-state index in [-0.39, 0.29) is 41.6 Å². The molecule has 2 aromatic carbocycles. The maximum atomic E-state index is 14.8. The van der Waals surface area contributed by atoms with Gasteiger partial charge in [0, 0.05) is 52.1 Å². The van der Waals surface area contributed by atoms with Gasteiger partial charge in [-0.15, -0.1) is 0 Å². The van der Waals surface area contributed by atoms with E-state index in [2.05, 4.69) is 20.2 Å². The number of hydrogen-bond acceptors (Lipinski definition) is 8. The number of ketones is 2. The van der Waals surface area contributed by atoms with Gasteiger partial charge in [-0.3, -0.25) is 9.59 Å². The average molecular weight is 517 g/mol. The van der Waals surface area contributed by atoms with E-state index in [1.165, 1.54) is 24.9 Å². The monoisotopic (exact) mass is 516 g/mol. The zero-order valence-corrected chi connectivity index (χ0v) is 21.5. The lowest BCUT2D eigenvalue weighted by molar-refractivity contribution is 0.0987. The van der Waals surface area contributed by atoms with Crippen LogP contribution in [0.3, 0.4) is 0 Å². The molecule has 0 spiro atoms. The number of hydrogen-bond donors (Lipinski definition) is 2. The zero-order chi connectivity index (χ0) is 26.5. The minimum absolute atomic E-state index is 0.0160. The third kappa shape index (κ3) is 5.99. The maximum absolute atomic E-state index is 14.8. The van der Waals surface area contributed by atoms with E-state index in [0.717, 1.165) is 63.4 Å². The van der Waals surface area contributed by atoms with Gasteiger partial charge in [-0.2, -0.15) is 0 Å². The van der Waals surface area contributed by atoms with E-state index >= 15 is 0 Å². The zero-order valence-electron chi connectivity index (χ0n) is 21.5. The van der Waals surface area contributed by atoms with Crippen molar-refractivity contribution in [1.82, 2.24) is 15.3 Å². The first-order chi connectivity index (χ1) is 18.5. The standard InChI is InChI=1S/C29H33FN6O2/c30-22-14-20(4-6-26(22)36-12-8-32-9-13-36)16-28(37)24-18-25(34-19-33-24)29(38)17-21-5-7-27(23(31)15-21)35-10-2-1-3-11-35/h4-7,14-15,18-19,32H,1-3,8-13,16-17,31H2. The highest BCUT2D eigenvalue weighted by Crippen LogP contribution is 2.28. The Bertz CT molecular complexity index is 1220. The molecule has 0 unspecified atom stereocenters. The second-order valence-corrected chi connectivity index (χ2v) is 9.95. The number of aromatic nitrogens is 2. The van der Waals surface area contributed by atoms with Crippen LogP contribution in [-0.2, 0) is 12.8 Å². The normalized spacial score (nSPS) is 15.9. The molecule has 3 heterocycles. The lowest BCUT2D eigenvalue weighted by atomic mass is 10.0. The van der Waals surface area contributed by atoms with Gasteiger partial charge in [0.2, 0.25) is 0 Å². The molecule has 0 bridgehead atoms. The number of rotatable bonds is 8. The topological polar surface area (TPSA) is 104 Å². The Labute approximate surface area is 222 Å². The van der Waals surface area contributed by atoms with E-state index in [1.54, 1.807) is 12.1 Å². The summed E-state index contributed by atoms with van der Waals surface area (Å²) in [5.74, 6) is -0.870. The Morgan fingerprint density at radius 1 is 0.789 bits per heavy atom. The summed E-state index contributed by atoms with van der Waals surface area (Å²) in [6.45, 7) is 5.09. The summed E-state index contributed by atoms with van der Waals surface area (Å²) in [5, 5.41) is 3.25. The van der Waals surface area contributed by atoms with Crippen LogP contribution in [0.2, 0.25) is 0 Å². The van der Waals surface area contributed by atoms with Crippen LogP contribution in [0.4, 0.5) is 21.5 Å². The number of Topliss-reactive ketones (excluding diaryl/α,β-unsaturated/α-hetero) is 2. The van der Waals surface area contributed by atoms with Gasteiger partial charge in [-0.25, -0.2) is 14.4 Å². The Balaban J connectivity index is 1.23. The smallest absolute Gasteiger partial charge is 0.185 e. The third-order valence-corrected chi connectivity index (χ3v) is 7.23. The summed E-state index contributed by atoms with van der Waals surface area (Å²) in [5.41, 5.74) is 10.2. The third-order valence-electron chi connectivity index (χ3n) is 7.23. The van der Waals surface area contributed by atoms with Crippen LogP contribution in [-0.4, -0.2) is 60.8 Å². The SMILES string of the molecule is Nc1cc(CC(=O)c2cc(C(=O)Cc3ccc(N4CCNCC4)c(F)c3)ncn2)ccc1N1CCCCC1. The van der Waals surface area contributed by atoms with Crippen LogP contribution in [0, 0.1) is 5.82 Å². The fourth-order valence-corrected chi connectivity index (χ4v) is 5.17. The molecule has 5 rings (SSSR count). The molecule has 9 heteroatoms. The molecule has 0 aliphatic carbocycles. The van der Waals surface area contributed by atoms with Crippen LogP contribution in [0.15, 0.2) is 48.8 Å². The van der Waals surface area contributed by atoms with Crippen molar-refractivity contribution in [3.8, 4) is 0 Å². The molecular formula is C29H33FN6O2. The second-order valence-electron chi connectivity index (χ2n) is 9.95. The van der Waals surface area contributed by atoms with Crippen molar-refractivity contribution in [2.75, 3.05) is 54.8 Å². The quantitative estimate of drug-likeness (QED) is 0.347. The van der Waals surface area contributed by atoms with E-state index in [4.69, 9.17) is 5.73 Å². The first-order valence-electron chi connectivity index (χ1n) is 13.2. The van der Waals surface area contributed by atoms with E-state index in [1.807, 2.05) is 23.1 Å². The Morgan fingerprint density at radius 3 is 1.97 bits per heavy atom. The summed E-state index contributed by atoms with van der Waals surface area (Å²) in [6.07, 6.45) is 4.89. The van der Waals surface area contributed by atoms with Gasteiger partial charge in [0.25, 0.3) is 0 Å². The summed E-state index contributed by atoms with van der Waals surface area (Å²) in [6, 6.07) is 12.1. The lowest BCUT2D eigenvalue weighted by Gasteiger charge is -2.30.